The summed E-state index contributed by atoms with van der Waals surface area (Å²) in [4.78, 5) is 21.6. The van der Waals surface area contributed by atoms with E-state index in [0.29, 0.717) is 0 Å². The van der Waals surface area contributed by atoms with Crippen molar-refractivity contribution < 1.29 is 23.8 Å². The van der Waals surface area contributed by atoms with Gasteiger partial charge in [0.25, 0.3) is 0 Å². The van der Waals surface area contributed by atoms with Crippen LogP contribution in [0.1, 0.15) is 25.7 Å². The molecule has 1 fully saturated rings. The van der Waals surface area contributed by atoms with Crippen LogP contribution >= 0.6 is 0 Å². The third-order valence-corrected chi connectivity index (χ3v) is 2.68. The van der Waals surface area contributed by atoms with Crippen molar-refractivity contribution in [3.63, 3.8) is 0 Å². The first-order valence-corrected chi connectivity index (χ1v) is 4.50. The molecule has 0 aromatic heterocycles. The Kier molecular flexibility index (Phi) is 3.08. The number of carboxylic acid groups (broad SMARTS) is 1. The molecule has 4 nitrogen and oxygen atoms in total. The average molecular weight is 204 g/mol. The van der Waals surface area contributed by atoms with Gasteiger partial charge in [0, 0.05) is 0 Å². The molecular weight excluding hydrogens is 191 g/mol. The summed E-state index contributed by atoms with van der Waals surface area (Å²) in [5, 5.41) is 8.67. The zero-order chi connectivity index (χ0) is 10.8. The molecule has 0 spiro atoms. The smallest absolute Gasteiger partial charge is 0.343 e. The number of hydrogen-bond donors (Lipinski definition) is 1. The molecule has 0 amide bonds. The van der Waals surface area contributed by atoms with Crippen LogP contribution in [0.25, 0.3) is 0 Å². The van der Waals surface area contributed by atoms with Gasteiger partial charge in [0.2, 0.25) is 5.67 Å². The van der Waals surface area contributed by atoms with Gasteiger partial charge in [-0.05, 0) is 25.7 Å². The van der Waals surface area contributed by atoms with Crippen LogP contribution in [0.3, 0.4) is 0 Å². The van der Waals surface area contributed by atoms with E-state index in [2.05, 4.69) is 4.74 Å². The summed E-state index contributed by atoms with van der Waals surface area (Å²) in [5.74, 6) is -2.33. The number of esters is 1. The van der Waals surface area contributed by atoms with Crippen molar-refractivity contribution in [2.45, 2.75) is 31.4 Å². The van der Waals surface area contributed by atoms with Crippen molar-refractivity contribution in [2.75, 3.05) is 7.11 Å². The number of ether oxygens (including phenoxy) is 1. The van der Waals surface area contributed by atoms with Crippen LogP contribution in [-0.4, -0.2) is 29.8 Å². The summed E-state index contributed by atoms with van der Waals surface area (Å²) >= 11 is 0. The molecule has 0 radical (unpaired) electrons. The molecule has 5 heteroatoms. The van der Waals surface area contributed by atoms with Crippen molar-refractivity contribution in [2.24, 2.45) is 5.92 Å². The molecule has 0 unspecified atom stereocenters. The zero-order valence-corrected chi connectivity index (χ0v) is 7.96. The molecule has 0 aromatic rings. The van der Waals surface area contributed by atoms with Gasteiger partial charge in [-0.3, -0.25) is 4.79 Å². The Bertz CT molecular complexity index is 243. The number of carbonyl (C=O) groups excluding carboxylic acids is 1. The molecule has 80 valence electrons. The standard InChI is InChI=1S/C9H13FO4/c1-14-8(13)9(10)4-2-6(3-5-9)7(11)12/h6H,2-5H2,1H3,(H,11,12). The fourth-order valence-corrected chi connectivity index (χ4v) is 1.71. The van der Waals surface area contributed by atoms with Gasteiger partial charge < -0.3 is 9.84 Å². The molecule has 0 bridgehead atoms. The Hall–Kier alpha value is -1.13. The van der Waals surface area contributed by atoms with Crippen molar-refractivity contribution in [3.05, 3.63) is 0 Å². The first kappa shape index (κ1) is 10.9. The predicted octanol–water partition coefficient (Wildman–Crippen LogP) is 1.14. The average Bonchev–Trinajstić information content (AvgIpc) is 2.17. The molecule has 1 aliphatic rings. The lowest BCUT2D eigenvalue weighted by Gasteiger charge is -2.29. The number of alkyl halides is 1. The van der Waals surface area contributed by atoms with Gasteiger partial charge in [-0.15, -0.1) is 0 Å². The van der Waals surface area contributed by atoms with Crippen LogP contribution in [0.5, 0.6) is 0 Å². The third-order valence-electron chi connectivity index (χ3n) is 2.68. The minimum absolute atomic E-state index is 0.0589. The lowest BCUT2D eigenvalue weighted by atomic mass is 9.80. The Morgan fingerprint density at radius 3 is 2.29 bits per heavy atom. The summed E-state index contributed by atoms with van der Waals surface area (Å²) in [6.07, 6.45) is 0.273. The van der Waals surface area contributed by atoms with Crippen LogP contribution in [0, 0.1) is 5.92 Å². The van der Waals surface area contributed by atoms with E-state index in [1.54, 1.807) is 0 Å². The highest BCUT2D eigenvalue weighted by molar-refractivity contribution is 5.80. The van der Waals surface area contributed by atoms with E-state index in [4.69, 9.17) is 5.11 Å². The number of rotatable bonds is 2. The van der Waals surface area contributed by atoms with Gasteiger partial charge in [0.15, 0.2) is 0 Å². The van der Waals surface area contributed by atoms with E-state index < -0.39 is 23.5 Å². The van der Waals surface area contributed by atoms with E-state index in [9.17, 15) is 14.0 Å². The highest BCUT2D eigenvalue weighted by Gasteiger charge is 2.44. The maximum Gasteiger partial charge on any atom is 0.343 e. The van der Waals surface area contributed by atoms with Crippen LogP contribution in [0.15, 0.2) is 0 Å². The minimum atomic E-state index is -1.97. The lowest BCUT2D eigenvalue weighted by molar-refractivity contribution is -0.160. The van der Waals surface area contributed by atoms with E-state index in [1.807, 2.05) is 0 Å². The highest BCUT2D eigenvalue weighted by atomic mass is 19.1. The van der Waals surface area contributed by atoms with Gasteiger partial charge in [-0.1, -0.05) is 0 Å². The van der Waals surface area contributed by atoms with E-state index in [0.717, 1.165) is 7.11 Å². The van der Waals surface area contributed by atoms with Crippen LogP contribution in [0.4, 0.5) is 4.39 Å². The molecular formula is C9H13FO4. The summed E-state index contributed by atoms with van der Waals surface area (Å²) in [6, 6.07) is 0. The summed E-state index contributed by atoms with van der Waals surface area (Å²) in [6.45, 7) is 0. The van der Waals surface area contributed by atoms with Crippen molar-refractivity contribution in [3.8, 4) is 0 Å². The molecule has 1 aliphatic carbocycles. The number of methoxy groups -OCH3 is 1. The number of aliphatic carboxylic acids is 1. The van der Waals surface area contributed by atoms with E-state index in [-0.39, 0.29) is 25.7 Å². The van der Waals surface area contributed by atoms with Crippen LogP contribution < -0.4 is 0 Å². The molecule has 0 aliphatic heterocycles. The van der Waals surface area contributed by atoms with Gasteiger partial charge in [0.1, 0.15) is 0 Å². The van der Waals surface area contributed by atoms with E-state index in [1.165, 1.54) is 0 Å². The fraction of sp³-hybridized carbons (Fsp3) is 0.778. The monoisotopic (exact) mass is 204 g/mol. The van der Waals surface area contributed by atoms with Crippen LogP contribution in [0.2, 0.25) is 0 Å². The molecule has 1 N–H and O–H groups in total. The van der Waals surface area contributed by atoms with Gasteiger partial charge >= 0.3 is 11.9 Å². The van der Waals surface area contributed by atoms with Gasteiger partial charge in [-0.25, -0.2) is 9.18 Å². The molecule has 1 rings (SSSR count). The molecule has 0 heterocycles. The normalized spacial score (nSPS) is 32.3. The zero-order valence-electron chi connectivity index (χ0n) is 7.96. The SMILES string of the molecule is COC(=O)C1(F)CCC(C(=O)O)CC1. The second kappa shape index (κ2) is 3.94. The van der Waals surface area contributed by atoms with Gasteiger partial charge in [0.05, 0.1) is 13.0 Å². The number of halogens is 1. The summed E-state index contributed by atoms with van der Waals surface area (Å²) < 4.78 is 18.1. The maximum absolute atomic E-state index is 13.7. The topological polar surface area (TPSA) is 63.6 Å². The first-order chi connectivity index (χ1) is 6.49. The third kappa shape index (κ3) is 2.02. The number of carboxylic acids is 1. The quantitative estimate of drug-likeness (QED) is 0.685. The largest absolute Gasteiger partial charge is 0.481 e. The minimum Gasteiger partial charge on any atom is -0.481 e. The molecule has 0 aromatic carbocycles. The number of hydrogen-bond acceptors (Lipinski definition) is 3. The lowest BCUT2D eigenvalue weighted by Crippen LogP contribution is -2.40. The Morgan fingerprint density at radius 2 is 1.93 bits per heavy atom. The highest BCUT2D eigenvalue weighted by Crippen LogP contribution is 2.36. The van der Waals surface area contributed by atoms with Crippen LogP contribution in [-0.2, 0) is 14.3 Å². The second-order valence-electron chi connectivity index (χ2n) is 3.57. The fourth-order valence-electron chi connectivity index (χ4n) is 1.71. The first-order valence-electron chi connectivity index (χ1n) is 4.50. The van der Waals surface area contributed by atoms with E-state index >= 15 is 0 Å². The predicted molar refractivity (Wildman–Crippen MR) is 45.4 cm³/mol. The van der Waals surface area contributed by atoms with Crippen molar-refractivity contribution in [1.29, 1.82) is 0 Å². The second-order valence-corrected chi connectivity index (χ2v) is 3.57. The molecule has 1 saturated carbocycles. The Labute approximate surface area is 81.0 Å². The van der Waals surface area contributed by atoms with Gasteiger partial charge in [-0.2, -0.15) is 0 Å². The summed E-state index contributed by atoms with van der Waals surface area (Å²) in [5.41, 5.74) is -1.97. The molecule has 14 heavy (non-hydrogen) atoms. The van der Waals surface area contributed by atoms with Crippen molar-refractivity contribution in [1.82, 2.24) is 0 Å². The maximum atomic E-state index is 13.7. The Morgan fingerprint density at radius 1 is 1.43 bits per heavy atom. The summed E-state index contributed by atoms with van der Waals surface area (Å²) in [7, 11) is 1.13. The van der Waals surface area contributed by atoms with Crippen molar-refractivity contribution >= 4 is 11.9 Å². The molecule has 0 atom stereocenters. The Balaban J connectivity index is 2.57. The molecule has 0 saturated heterocycles. The number of carbonyl (C=O) groups is 2.